The van der Waals surface area contributed by atoms with Crippen molar-refractivity contribution in [2.24, 2.45) is 0 Å². The second-order valence-electron chi connectivity index (χ2n) is 2.25. The molecular weight excluding hydrogens is 191 g/mol. The van der Waals surface area contributed by atoms with Crippen molar-refractivity contribution in [2.75, 3.05) is 25.1 Å². The number of nitrogens with one attached hydrogen (secondary N) is 1. The third-order valence-corrected chi connectivity index (χ3v) is 1.81. The van der Waals surface area contributed by atoms with Gasteiger partial charge in [0.15, 0.2) is 6.10 Å². The molecule has 6 heteroatoms. The molecular formula is C6H12F3NOS. The second-order valence-corrected chi connectivity index (χ2v) is 3.24. The monoisotopic (exact) mass is 203 g/mol. The predicted molar refractivity (Wildman–Crippen MR) is 43.3 cm³/mol. The normalized spacial score (nSPS) is 14.8. The maximum atomic E-state index is 11.7. The average molecular weight is 203 g/mol. The first kappa shape index (κ1) is 12.1. The molecule has 0 spiro atoms. The van der Waals surface area contributed by atoms with E-state index in [-0.39, 0.29) is 0 Å². The molecule has 0 aromatic carbocycles. The van der Waals surface area contributed by atoms with E-state index in [0.29, 0.717) is 6.54 Å². The van der Waals surface area contributed by atoms with Gasteiger partial charge in [-0.15, -0.1) is 0 Å². The van der Waals surface area contributed by atoms with Gasteiger partial charge in [-0.1, -0.05) is 0 Å². The fourth-order valence-electron chi connectivity index (χ4n) is 0.529. The molecule has 1 unspecified atom stereocenters. The number of aliphatic hydroxyl groups excluding tert-OH is 1. The summed E-state index contributed by atoms with van der Waals surface area (Å²) in [7, 11) is 0. The van der Waals surface area contributed by atoms with Gasteiger partial charge in [0, 0.05) is 18.8 Å². The number of thioether (sulfide) groups is 1. The van der Waals surface area contributed by atoms with E-state index in [4.69, 9.17) is 5.11 Å². The van der Waals surface area contributed by atoms with Gasteiger partial charge >= 0.3 is 6.18 Å². The van der Waals surface area contributed by atoms with Crippen molar-refractivity contribution in [3.8, 4) is 0 Å². The van der Waals surface area contributed by atoms with E-state index in [1.807, 2.05) is 6.26 Å². The molecule has 1 atom stereocenters. The Morgan fingerprint density at radius 1 is 1.50 bits per heavy atom. The third-order valence-electron chi connectivity index (χ3n) is 1.20. The predicted octanol–water partition coefficient (Wildman–Crippen LogP) is 0.862. The lowest BCUT2D eigenvalue weighted by Gasteiger charge is -2.14. The van der Waals surface area contributed by atoms with Crippen molar-refractivity contribution >= 4 is 11.8 Å². The molecule has 2 nitrogen and oxygen atoms in total. The molecule has 2 N–H and O–H groups in total. The molecule has 0 aromatic rings. The SMILES string of the molecule is CSCCNCC(O)C(F)(F)F. The highest BCUT2D eigenvalue weighted by atomic mass is 32.2. The summed E-state index contributed by atoms with van der Waals surface area (Å²) in [4.78, 5) is 0. The minimum atomic E-state index is -4.51. The summed E-state index contributed by atoms with van der Waals surface area (Å²) in [6.45, 7) is 0.0539. The van der Waals surface area contributed by atoms with Gasteiger partial charge in [0.1, 0.15) is 0 Å². The summed E-state index contributed by atoms with van der Waals surface area (Å²) in [5.41, 5.74) is 0. The summed E-state index contributed by atoms with van der Waals surface area (Å²) in [5.74, 6) is 0.741. The summed E-state index contributed by atoms with van der Waals surface area (Å²) in [6, 6.07) is 0. The Balaban J connectivity index is 3.38. The van der Waals surface area contributed by atoms with Crippen LogP contribution in [0.3, 0.4) is 0 Å². The van der Waals surface area contributed by atoms with Crippen LogP contribution < -0.4 is 5.32 Å². The van der Waals surface area contributed by atoms with Crippen LogP contribution in [-0.2, 0) is 0 Å². The summed E-state index contributed by atoms with van der Waals surface area (Å²) < 4.78 is 35.0. The molecule has 74 valence electrons. The minimum absolute atomic E-state index is 0.427. The fourth-order valence-corrected chi connectivity index (χ4v) is 0.877. The average Bonchev–Trinajstić information content (AvgIpc) is 1.96. The molecule has 0 radical (unpaired) electrons. The van der Waals surface area contributed by atoms with Crippen molar-refractivity contribution in [1.29, 1.82) is 0 Å². The van der Waals surface area contributed by atoms with E-state index in [1.54, 1.807) is 0 Å². The van der Waals surface area contributed by atoms with Crippen LogP contribution in [0, 0.1) is 0 Å². The Bertz CT molecular complexity index is 120. The van der Waals surface area contributed by atoms with Gasteiger partial charge < -0.3 is 10.4 Å². The third kappa shape index (κ3) is 5.68. The van der Waals surface area contributed by atoms with Crippen molar-refractivity contribution in [2.45, 2.75) is 12.3 Å². The van der Waals surface area contributed by atoms with Crippen LogP contribution >= 0.6 is 11.8 Å². The molecule has 0 aliphatic carbocycles. The minimum Gasteiger partial charge on any atom is -0.382 e. The van der Waals surface area contributed by atoms with Crippen LogP contribution in [0.2, 0.25) is 0 Å². The largest absolute Gasteiger partial charge is 0.415 e. The number of alkyl halides is 3. The van der Waals surface area contributed by atoms with Gasteiger partial charge in [-0.25, -0.2) is 0 Å². The molecule has 0 amide bonds. The number of aliphatic hydroxyl groups is 1. The zero-order valence-electron chi connectivity index (χ0n) is 6.69. The van der Waals surface area contributed by atoms with Crippen molar-refractivity contribution < 1.29 is 18.3 Å². The first-order valence-corrected chi connectivity index (χ1v) is 4.82. The molecule has 0 aromatic heterocycles. The van der Waals surface area contributed by atoms with Gasteiger partial charge in [-0.05, 0) is 6.26 Å². The molecule has 0 heterocycles. The van der Waals surface area contributed by atoms with Gasteiger partial charge in [0.2, 0.25) is 0 Å². The quantitative estimate of drug-likeness (QED) is 0.650. The summed E-state index contributed by atoms with van der Waals surface area (Å²) in [6.07, 6.45) is -4.90. The molecule has 0 saturated heterocycles. The van der Waals surface area contributed by atoms with Crippen LogP contribution in [-0.4, -0.2) is 42.5 Å². The Labute approximate surface area is 73.5 Å². The van der Waals surface area contributed by atoms with E-state index in [9.17, 15) is 13.2 Å². The van der Waals surface area contributed by atoms with Crippen molar-refractivity contribution in [3.63, 3.8) is 0 Å². The zero-order valence-corrected chi connectivity index (χ0v) is 7.50. The number of halogens is 3. The molecule has 0 rings (SSSR count). The summed E-state index contributed by atoms with van der Waals surface area (Å²) in [5, 5.41) is 11.0. The molecule has 12 heavy (non-hydrogen) atoms. The van der Waals surface area contributed by atoms with E-state index in [1.165, 1.54) is 11.8 Å². The Morgan fingerprint density at radius 2 is 2.08 bits per heavy atom. The molecule has 0 saturated carbocycles. The maximum Gasteiger partial charge on any atom is 0.415 e. The highest BCUT2D eigenvalue weighted by Crippen LogP contribution is 2.18. The lowest BCUT2D eigenvalue weighted by molar-refractivity contribution is -0.201. The number of rotatable bonds is 5. The lowest BCUT2D eigenvalue weighted by Crippen LogP contribution is -2.39. The number of hydrogen-bond donors (Lipinski definition) is 2. The van der Waals surface area contributed by atoms with Gasteiger partial charge in [-0.2, -0.15) is 24.9 Å². The Hall–Kier alpha value is 0.0600. The number of hydrogen-bond acceptors (Lipinski definition) is 3. The first-order valence-electron chi connectivity index (χ1n) is 3.43. The van der Waals surface area contributed by atoms with Crippen LogP contribution in [0.4, 0.5) is 13.2 Å². The highest BCUT2D eigenvalue weighted by Gasteiger charge is 2.37. The van der Waals surface area contributed by atoms with Crippen LogP contribution in [0.15, 0.2) is 0 Å². The second kappa shape index (κ2) is 5.66. The van der Waals surface area contributed by atoms with E-state index in [2.05, 4.69) is 5.32 Å². The van der Waals surface area contributed by atoms with E-state index in [0.717, 1.165) is 5.75 Å². The standard InChI is InChI=1S/C6H12F3NOS/c1-12-3-2-10-4-5(11)6(7,8)9/h5,10-11H,2-4H2,1H3. The lowest BCUT2D eigenvalue weighted by atomic mass is 10.3. The topological polar surface area (TPSA) is 32.3 Å². The van der Waals surface area contributed by atoms with Crippen molar-refractivity contribution in [3.05, 3.63) is 0 Å². The molecule has 0 fully saturated rings. The smallest absolute Gasteiger partial charge is 0.382 e. The van der Waals surface area contributed by atoms with Crippen LogP contribution in [0.1, 0.15) is 0 Å². The Morgan fingerprint density at radius 3 is 2.50 bits per heavy atom. The van der Waals surface area contributed by atoms with E-state index >= 15 is 0 Å². The Kier molecular flexibility index (Phi) is 5.69. The maximum absolute atomic E-state index is 11.7. The van der Waals surface area contributed by atoms with Gasteiger partial charge in [0.25, 0.3) is 0 Å². The van der Waals surface area contributed by atoms with Crippen LogP contribution in [0.5, 0.6) is 0 Å². The van der Waals surface area contributed by atoms with Gasteiger partial charge in [-0.3, -0.25) is 0 Å². The molecule has 0 aliphatic rings. The first-order chi connectivity index (χ1) is 5.48. The molecule has 0 bridgehead atoms. The summed E-state index contributed by atoms with van der Waals surface area (Å²) >= 11 is 1.54. The fraction of sp³-hybridized carbons (Fsp3) is 1.00. The highest BCUT2D eigenvalue weighted by molar-refractivity contribution is 7.98. The van der Waals surface area contributed by atoms with Crippen molar-refractivity contribution in [1.82, 2.24) is 5.32 Å². The molecule has 0 aliphatic heterocycles. The van der Waals surface area contributed by atoms with E-state index < -0.39 is 18.8 Å². The zero-order chi connectivity index (χ0) is 9.61. The van der Waals surface area contributed by atoms with Crippen LogP contribution in [0.25, 0.3) is 0 Å². The van der Waals surface area contributed by atoms with Gasteiger partial charge in [0.05, 0.1) is 0 Å².